The van der Waals surface area contributed by atoms with Crippen LogP contribution < -0.4 is 14.4 Å². The molecule has 1 unspecified atom stereocenters. The maximum absolute atomic E-state index is 13.7. The fourth-order valence-corrected chi connectivity index (χ4v) is 6.08. The van der Waals surface area contributed by atoms with Crippen molar-refractivity contribution in [1.29, 1.82) is 0 Å². The first-order valence-corrected chi connectivity index (χ1v) is 13.1. The van der Waals surface area contributed by atoms with E-state index in [4.69, 9.17) is 4.74 Å². The first kappa shape index (κ1) is 24.8. The molecule has 0 spiro atoms. The molecule has 7 heteroatoms. The number of sulfonamides is 1. The largest absolute Gasteiger partial charge is 0.487 e. The van der Waals surface area contributed by atoms with Crippen LogP contribution in [0.3, 0.4) is 0 Å². The van der Waals surface area contributed by atoms with Gasteiger partial charge in [-0.05, 0) is 64.4 Å². The summed E-state index contributed by atoms with van der Waals surface area (Å²) in [7, 11) is -3.97. The van der Waals surface area contributed by atoms with Crippen molar-refractivity contribution in [3.8, 4) is 5.75 Å². The number of aryl methyl sites for hydroxylation is 3. The summed E-state index contributed by atoms with van der Waals surface area (Å²) < 4.78 is 34.7. The van der Waals surface area contributed by atoms with Gasteiger partial charge < -0.3 is 10.1 Å². The van der Waals surface area contributed by atoms with Gasteiger partial charge in [0, 0.05) is 12.0 Å². The molecule has 0 aliphatic carbocycles. The van der Waals surface area contributed by atoms with Crippen LogP contribution in [0.4, 0.5) is 5.69 Å². The molecule has 1 atom stereocenters. The highest BCUT2D eigenvalue weighted by Crippen LogP contribution is 2.40. The average Bonchev–Trinajstić information content (AvgIpc) is 2.78. The van der Waals surface area contributed by atoms with E-state index in [9.17, 15) is 13.2 Å². The zero-order valence-corrected chi connectivity index (χ0v) is 21.6. The zero-order valence-electron chi connectivity index (χ0n) is 20.8. The molecule has 0 bridgehead atoms. The van der Waals surface area contributed by atoms with Gasteiger partial charge in [-0.15, -0.1) is 0 Å². The molecule has 1 heterocycles. The van der Waals surface area contributed by atoms with Gasteiger partial charge in [0.25, 0.3) is 10.0 Å². The number of fused-ring (bicyclic) bond motifs is 1. The first-order chi connectivity index (χ1) is 16.5. The molecule has 1 amide bonds. The molecule has 0 radical (unpaired) electrons. The Kier molecular flexibility index (Phi) is 6.64. The number of benzene rings is 3. The van der Waals surface area contributed by atoms with Crippen molar-refractivity contribution in [3.05, 3.63) is 89.0 Å². The number of hydrogen-bond donors (Lipinski definition) is 1. The molecule has 1 aliphatic heterocycles. The van der Waals surface area contributed by atoms with Crippen LogP contribution in [-0.4, -0.2) is 26.5 Å². The molecule has 3 aromatic rings. The standard InChI is InChI=1S/C28H32N2O4S/c1-19-11-13-25(21(3)15-19)30(35(32,33)22-9-7-6-8-10-22)18-27(31)29-24-17-28(4,5)34-26-14-12-20(2)16-23(24)26/h6-16,24H,17-18H2,1-5H3,(H,29,31). The van der Waals surface area contributed by atoms with Crippen LogP contribution in [0.1, 0.15) is 48.6 Å². The average molecular weight is 493 g/mol. The molecule has 0 saturated carbocycles. The second-order valence-corrected chi connectivity index (χ2v) is 11.7. The number of ether oxygens (including phenoxy) is 1. The van der Waals surface area contributed by atoms with Crippen molar-refractivity contribution >= 4 is 21.6 Å². The lowest BCUT2D eigenvalue weighted by atomic mass is 9.89. The summed E-state index contributed by atoms with van der Waals surface area (Å²) in [6.07, 6.45) is 0.574. The fourth-order valence-electron chi connectivity index (χ4n) is 4.58. The molecule has 1 N–H and O–H groups in total. The van der Waals surface area contributed by atoms with Gasteiger partial charge >= 0.3 is 0 Å². The number of anilines is 1. The molecule has 1 aliphatic rings. The predicted octanol–water partition coefficient (Wildman–Crippen LogP) is 5.23. The van der Waals surface area contributed by atoms with Crippen LogP contribution >= 0.6 is 0 Å². The van der Waals surface area contributed by atoms with Crippen molar-refractivity contribution in [1.82, 2.24) is 5.32 Å². The van der Waals surface area contributed by atoms with Crippen molar-refractivity contribution < 1.29 is 17.9 Å². The number of carbonyl (C=O) groups excluding carboxylic acids is 1. The van der Waals surface area contributed by atoms with Crippen molar-refractivity contribution in [3.63, 3.8) is 0 Å². The summed E-state index contributed by atoms with van der Waals surface area (Å²) in [6, 6.07) is 19.4. The number of carbonyl (C=O) groups is 1. The van der Waals surface area contributed by atoms with Gasteiger partial charge in [0.2, 0.25) is 5.91 Å². The summed E-state index contributed by atoms with van der Waals surface area (Å²) in [6.45, 7) is 9.43. The molecule has 0 fully saturated rings. The van der Waals surface area contributed by atoms with Gasteiger partial charge in [-0.2, -0.15) is 0 Å². The van der Waals surface area contributed by atoms with E-state index in [1.54, 1.807) is 36.4 Å². The third kappa shape index (κ3) is 5.35. The summed E-state index contributed by atoms with van der Waals surface area (Å²) in [5.74, 6) is 0.361. The van der Waals surface area contributed by atoms with Crippen LogP contribution in [0.5, 0.6) is 5.75 Å². The van der Waals surface area contributed by atoms with Gasteiger partial charge in [0.15, 0.2) is 0 Å². The topological polar surface area (TPSA) is 75.7 Å². The van der Waals surface area contributed by atoms with Gasteiger partial charge in [-0.1, -0.05) is 53.6 Å². The molecule has 4 rings (SSSR count). The van der Waals surface area contributed by atoms with E-state index in [1.807, 2.05) is 65.0 Å². The first-order valence-electron chi connectivity index (χ1n) is 11.7. The SMILES string of the molecule is Cc1ccc(N(CC(=O)NC2CC(C)(C)Oc3ccc(C)cc32)S(=O)(=O)c2ccccc2)c(C)c1. The Bertz CT molecular complexity index is 1350. The second-order valence-electron chi connectivity index (χ2n) is 9.84. The minimum Gasteiger partial charge on any atom is -0.487 e. The molecule has 3 aromatic carbocycles. The van der Waals surface area contributed by atoms with E-state index in [0.717, 1.165) is 28.0 Å². The van der Waals surface area contributed by atoms with Crippen LogP contribution in [0.25, 0.3) is 0 Å². The van der Waals surface area contributed by atoms with E-state index in [1.165, 1.54) is 4.31 Å². The number of rotatable bonds is 6. The lowest BCUT2D eigenvalue weighted by Gasteiger charge is -2.38. The van der Waals surface area contributed by atoms with Crippen LogP contribution in [-0.2, 0) is 14.8 Å². The monoisotopic (exact) mass is 492 g/mol. The summed E-state index contributed by atoms with van der Waals surface area (Å²) in [5.41, 5.74) is 3.79. The smallest absolute Gasteiger partial charge is 0.264 e. The van der Waals surface area contributed by atoms with Gasteiger partial charge in [0.1, 0.15) is 17.9 Å². The Morgan fingerprint density at radius 3 is 2.34 bits per heavy atom. The zero-order chi connectivity index (χ0) is 25.4. The molecular weight excluding hydrogens is 460 g/mol. The Hall–Kier alpha value is -3.32. The summed E-state index contributed by atoms with van der Waals surface area (Å²) in [5, 5.41) is 3.09. The van der Waals surface area contributed by atoms with Crippen molar-refractivity contribution in [2.45, 2.75) is 57.6 Å². The maximum atomic E-state index is 13.7. The highest BCUT2D eigenvalue weighted by Gasteiger charge is 2.36. The lowest BCUT2D eigenvalue weighted by Crippen LogP contribution is -2.45. The number of amides is 1. The lowest BCUT2D eigenvalue weighted by molar-refractivity contribution is -0.120. The van der Waals surface area contributed by atoms with Gasteiger partial charge in [-0.3, -0.25) is 9.10 Å². The quantitative estimate of drug-likeness (QED) is 0.512. The Morgan fingerprint density at radius 1 is 1.00 bits per heavy atom. The van der Waals surface area contributed by atoms with E-state index in [0.29, 0.717) is 12.1 Å². The Morgan fingerprint density at radius 2 is 1.66 bits per heavy atom. The van der Waals surface area contributed by atoms with Crippen molar-refractivity contribution in [2.75, 3.05) is 10.8 Å². The van der Waals surface area contributed by atoms with E-state index in [2.05, 4.69) is 5.32 Å². The molecule has 35 heavy (non-hydrogen) atoms. The third-order valence-electron chi connectivity index (χ3n) is 6.20. The minimum absolute atomic E-state index is 0.140. The number of hydrogen-bond acceptors (Lipinski definition) is 4. The Labute approximate surface area is 208 Å². The van der Waals surface area contributed by atoms with Crippen molar-refractivity contribution in [2.24, 2.45) is 0 Å². The third-order valence-corrected chi connectivity index (χ3v) is 7.97. The summed E-state index contributed by atoms with van der Waals surface area (Å²) in [4.78, 5) is 13.5. The molecule has 184 valence electrons. The second kappa shape index (κ2) is 9.38. The molecule has 6 nitrogen and oxygen atoms in total. The number of nitrogens with one attached hydrogen (secondary N) is 1. The highest BCUT2D eigenvalue weighted by molar-refractivity contribution is 7.92. The molecule has 0 saturated heterocycles. The highest BCUT2D eigenvalue weighted by atomic mass is 32.2. The normalized spacial score (nSPS) is 16.7. The summed E-state index contributed by atoms with van der Waals surface area (Å²) >= 11 is 0. The minimum atomic E-state index is -3.97. The fraction of sp³-hybridized carbons (Fsp3) is 0.321. The van der Waals surface area contributed by atoms with Crippen LogP contribution in [0.15, 0.2) is 71.6 Å². The predicted molar refractivity (Wildman–Crippen MR) is 138 cm³/mol. The Balaban J connectivity index is 1.68. The molecular formula is C28H32N2O4S. The van der Waals surface area contributed by atoms with E-state index in [-0.39, 0.29) is 23.4 Å². The van der Waals surface area contributed by atoms with Crippen LogP contribution in [0, 0.1) is 20.8 Å². The van der Waals surface area contributed by atoms with Gasteiger partial charge in [-0.25, -0.2) is 8.42 Å². The van der Waals surface area contributed by atoms with Crippen LogP contribution in [0.2, 0.25) is 0 Å². The maximum Gasteiger partial charge on any atom is 0.264 e. The van der Waals surface area contributed by atoms with E-state index < -0.39 is 15.6 Å². The van der Waals surface area contributed by atoms with E-state index >= 15 is 0 Å². The molecule has 0 aromatic heterocycles. The van der Waals surface area contributed by atoms with Gasteiger partial charge in [0.05, 0.1) is 16.6 Å². The number of nitrogens with zero attached hydrogens (tertiary/aromatic N) is 1.